The van der Waals surface area contributed by atoms with Crippen molar-refractivity contribution in [2.75, 3.05) is 31.3 Å². The number of aromatic nitrogens is 7. The van der Waals surface area contributed by atoms with Gasteiger partial charge in [0.05, 0.1) is 43.7 Å². The Hall–Kier alpha value is -3.33. The number of fused-ring (bicyclic) bond motifs is 5. The third-order valence-corrected chi connectivity index (χ3v) is 10.2. The quantitative estimate of drug-likeness (QED) is 0.132. The van der Waals surface area contributed by atoms with Gasteiger partial charge in [0.25, 0.3) is 5.56 Å². The fourth-order valence-electron chi connectivity index (χ4n) is 6.10. The summed E-state index contributed by atoms with van der Waals surface area (Å²) in [6.07, 6.45) is -4.94. The first kappa shape index (κ1) is 31.3. The van der Waals surface area contributed by atoms with Crippen LogP contribution in [0.4, 0.5) is 11.6 Å². The van der Waals surface area contributed by atoms with E-state index in [1.165, 1.54) is 28.0 Å². The number of aliphatic hydroxyl groups excluding tert-OH is 2. The van der Waals surface area contributed by atoms with Crippen LogP contribution < -0.4 is 16.6 Å². The van der Waals surface area contributed by atoms with E-state index in [0.29, 0.717) is 16.9 Å². The first-order valence-corrected chi connectivity index (χ1v) is 16.9. The maximum atomic E-state index is 13.3. The number of ether oxygens (including phenoxy) is 1. The van der Waals surface area contributed by atoms with Crippen molar-refractivity contribution >= 4 is 49.6 Å². The second-order valence-electron chi connectivity index (χ2n) is 11.0. The van der Waals surface area contributed by atoms with Crippen LogP contribution in [0.3, 0.4) is 0 Å². The molecule has 1 saturated carbocycles. The molecule has 2 aliphatic heterocycles. The van der Waals surface area contributed by atoms with E-state index in [2.05, 4.69) is 30.2 Å². The lowest BCUT2D eigenvalue weighted by atomic mass is 10.1. The van der Waals surface area contributed by atoms with Gasteiger partial charge in [0, 0.05) is 19.2 Å². The number of imidazole rings is 2. The van der Waals surface area contributed by atoms with E-state index in [-0.39, 0.29) is 23.5 Å². The molecule has 4 aromatic rings. The number of nitrogens with one attached hydrogen (secondary N) is 2. The van der Waals surface area contributed by atoms with Gasteiger partial charge in [0.1, 0.15) is 29.9 Å². The normalized spacial score (nSPS) is 37.1. The van der Waals surface area contributed by atoms with Crippen molar-refractivity contribution in [3.8, 4) is 0 Å². The number of nitrogen functional groups attached to an aromatic ring is 1. The van der Waals surface area contributed by atoms with Gasteiger partial charge in [-0.1, -0.05) is 0 Å². The van der Waals surface area contributed by atoms with Gasteiger partial charge in [0.2, 0.25) is 5.95 Å². The average Bonchev–Trinajstić information content (AvgIpc) is 3.76. The Bertz CT molecular complexity index is 1950. The van der Waals surface area contributed by atoms with E-state index < -0.39 is 83.1 Å². The summed E-state index contributed by atoms with van der Waals surface area (Å²) in [5, 5.41) is 25.4. The minimum absolute atomic E-state index is 0.00479. The molecular formula is C23H29N9O12P2. The number of nitrogens with zero attached hydrogens (tertiary/aromatic N) is 6. The molecule has 10 atom stereocenters. The van der Waals surface area contributed by atoms with Crippen LogP contribution in [-0.2, 0) is 32.0 Å². The number of aromatic amines is 1. The zero-order valence-electron chi connectivity index (χ0n) is 23.8. The summed E-state index contributed by atoms with van der Waals surface area (Å²) in [5.74, 6) is -1.19. The standard InChI is InChI=1S/C23H29N9O12P2/c1-25-10-2-3-26-19-13(10)27-8-32(19)22-16(34)18-12(42-22)6-41-46(38,39)43-17-11(4-9(15(17)33)5-40-45(36,37)44-18)31-7-28-14-20(31)29-23(24)30-21(14)35/h2-3,7-9,11-12,15-18,22,33-34H,4-6H2,1H3,(H,25,26)(H,36,37)(H,38,39)(H3,24,29,30,35)/t9-,11-,12-,15?,16+,17-,18?,22-/m1/s1. The number of H-pyrrole nitrogens is 1. The number of hydrogen-bond acceptors (Lipinski definition) is 16. The summed E-state index contributed by atoms with van der Waals surface area (Å²) < 4.78 is 56.4. The Morgan fingerprint density at radius 2 is 1.67 bits per heavy atom. The lowest BCUT2D eigenvalue weighted by molar-refractivity contribution is -0.0552. The monoisotopic (exact) mass is 685 g/mol. The van der Waals surface area contributed by atoms with Gasteiger partial charge in [-0.15, -0.1) is 0 Å². The summed E-state index contributed by atoms with van der Waals surface area (Å²) in [7, 11) is -8.30. The van der Waals surface area contributed by atoms with Crippen molar-refractivity contribution in [1.29, 1.82) is 0 Å². The fourth-order valence-corrected chi connectivity index (χ4v) is 8.08. The molecule has 0 amide bonds. The predicted molar refractivity (Wildman–Crippen MR) is 154 cm³/mol. The van der Waals surface area contributed by atoms with E-state index in [1.807, 2.05) is 0 Å². The van der Waals surface area contributed by atoms with Gasteiger partial charge in [-0.05, 0) is 12.5 Å². The number of phosphoric ester groups is 2. The first-order valence-electron chi connectivity index (χ1n) is 13.9. The molecule has 6 heterocycles. The van der Waals surface area contributed by atoms with Crippen molar-refractivity contribution in [2.24, 2.45) is 5.92 Å². The third kappa shape index (κ3) is 5.42. The van der Waals surface area contributed by atoms with Crippen LogP contribution in [-0.4, -0.2) is 105 Å². The lowest BCUT2D eigenvalue weighted by Crippen LogP contribution is -2.36. The van der Waals surface area contributed by atoms with Gasteiger partial charge in [0.15, 0.2) is 23.0 Å². The molecule has 2 bridgehead atoms. The molecule has 21 nitrogen and oxygen atoms in total. The first-order chi connectivity index (χ1) is 21.9. The molecular weight excluding hydrogens is 656 g/mol. The van der Waals surface area contributed by atoms with Gasteiger partial charge in [-0.3, -0.25) is 32.4 Å². The molecule has 23 heteroatoms. The van der Waals surface area contributed by atoms with Crippen molar-refractivity contribution in [3.05, 3.63) is 35.3 Å². The summed E-state index contributed by atoms with van der Waals surface area (Å²) in [6, 6.07) is 0.700. The molecule has 46 heavy (non-hydrogen) atoms. The molecule has 1 aliphatic carbocycles. The second kappa shape index (κ2) is 11.4. The Morgan fingerprint density at radius 1 is 0.978 bits per heavy atom. The molecule has 3 aliphatic rings. The zero-order valence-corrected chi connectivity index (χ0v) is 25.5. The van der Waals surface area contributed by atoms with Gasteiger partial charge < -0.3 is 40.4 Å². The zero-order chi connectivity index (χ0) is 32.5. The Labute approximate surface area is 257 Å². The Balaban J connectivity index is 1.20. The largest absolute Gasteiger partial charge is 0.472 e. The Morgan fingerprint density at radius 3 is 2.43 bits per heavy atom. The molecule has 3 fully saturated rings. The molecule has 0 aromatic carbocycles. The highest BCUT2D eigenvalue weighted by atomic mass is 31.2. The van der Waals surface area contributed by atoms with Crippen LogP contribution in [0.15, 0.2) is 29.7 Å². The van der Waals surface area contributed by atoms with Crippen LogP contribution in [0.25, 0.3) is 22.3 Å². The minimum atomic E-state index is -5.02. The molecule has 8 N–H and O–H groups in total. The number of phosphoric acid groups is 2. The number of nitrogens with two attached hydrogens (primary N) is 1. The summed E-state index contributed by atoms with van der Waals surface area (Å²) in [4.78, 5) is 52.9. The average molecular weight is 685 g/mol. The van der Waals surface area contributed by atoms with Crippen LogP contribution in [0.2, 0.25) is 0 Å². The molecule has 4 unspecified atom stereocenters. The summed E-state index contributed by atoms with van der Waals surface area (Å²) in [5.41, 5.74) is 6.36. The molecule has 7 rings (SSSR count). The van der Waals surface area contributed by atoms with Gasteiger partial charge in [-0.25, -0.2) is 24.1 Å². The van der Waals surface area contributed by atoms with E-state index in [1.54, 1.807) is 13.1 Å². The molecule has 4 aromatic heterocycles. The minimum Gasteiger partial charge on any atom is -0.390 e. The summed E-state index contributed by atoms with van der Waals surface area (Å²) >= 11 is 0. The maximum Gasteiger partial charge on any atom is 0.472 e. The van der Waals surface area contributed by atoms with Crippen LogP contribution in [0, 0.1) is 5.92 Å². The van der Waals surface area contributed by atoms with Crippen molar-refractivity contribution in [3.63, 3.8) is 0 Å². The number of aliphatic hydroxyl groups is 2. The maximum absolute atomic E-state index is 13.3. The topological polar surface area (TPSA) is 294 Å². The fraction of sp³-hybridized carbons (Fsp3) is 0.522. The predicted octanol–water partition coefficient (Wildman–Crippen LogP) is -0.613. The van der Waals surface area contributed by atoms with Crippen molar-refractivity contribution in [1.82, 2.24) is 34.1 Å². The SMILES string of the molecule is CNc1ccnc2c1ncn2[C@@H]1O[C@@H]2COP(=O)(O)O[C@H]3C(O)[C@@H](COP(=O)(O)OC2[C@@H]1O)C[C@H]3n1cnc2c(=O)[nH]c(N)nc21. The third-order valence-electron chi connectivity index (χ3n) is 8.23. The molecule has 0 radical (unpaired) electrons. The molecule has 248 valence electrons. The number of hydrogen-bond donors (Lipinski definition) is 7. The van der Waals surface area contributed by atoms with Crippen LogP contribution in [0.5, 0.6) is 0 Å². The number of rotatable bonds is 3. The highest BCUT2D eigenvalue weighted by molar-refractivity contribution is 7.47. The lowest BCUT2D eigenvalue weighted by Gasteiger charge is -2.26. The second-order valence-corrected chi connectivity index (χ2v) is 13.8. The number of pyridine rings is 1. The highest BCUT2D eigenvalue weighted by Crippen LogP contribution is 2.55. The van der Waals surface area contributed by atoms with Crippen molar-refractivity contribution < 1.29 is 52.0 Å². The van der Waals surface area contributed by atoms with E-state index in [9.17, 15) is 33.9 Å². The molecule has 2 saturated heterocycles. The van der Waals surface area contributed by atoms with E-state index in [0.717, 1.165) is 0 Å². The molecule has 0 spiro atoms. The van der Waals surface area contributed by atoms with Crippen LogP contribution in [0.1, 0.15) is 18.7 Å². The smallest absolute Gasteiger partial charge is 0.390 e. The number of anilines is 2. The highest BCUT2D eigenvalue weighted by Gasteiger charge is 2.53. The van der Waals surface area contributed by atoms with Gasteiger partial charge in [-0.2, -0.15) is 4.98 Å². The summed E-state index contributed by atoms with van der Waals surface area (Å²) in [6.45, 7) is -1.35. The van der Waals surface area contributed by atoms with Gasteiger partial charge >= 0.3 is 15.6 Å². The van der Waals surface area contributed by atoms with Crippen molar-refractivity contribution in [2.45, 2.75) is 49.2 Å². The van der Waals surface area contributed by atoms with Crippen LogP contribution >= 0.6 is 15.6 Å². The Kier molecular flexibility index (Phi) is 7.77. The van der Waals surface area contributed by atoms with E-state index in [4.69, 9.17) is 28.6 Å². The van der Waals surface area contributed by atoms with E-state index >= 15 is 0 Å².